The van der Waals surface area contributed by atoms with Crippen LogP contribution < -0.4 is 4.74 Å². The van der Waals surface area contributed by atoms with Gasteiger partial charge >= 0.3 is 11.9 Å². The molecule has 43 heavy (non-hydrogen) atoms. The Balaban J connectivity index is 1.64. The van der Waals surface area contributed by atoms with Gasteiger partial charge in [0.05, 0.1) is 17.7 Å². The molecule has 0 N–H and O–H groups in total. The fraction of sp³-hybridized carbons (Fsp3) is 0.250. The Morgan fingerprint density at radius 2 is 1.09 bits per heavy atom. The first-order valence-corrected chi connectivity index (χ1v) is 14.8. The number of ether oxygens (including phenoxy) is 3. The van der Waals surface area contributed by atoms with Crippen molar-refractivity contribution in [2.45, 2.75) is 52.7 Å². The summed E-state index contributed by atoms with van der Waals surface area (Å²) < 4.78 is 16.1. The van der Waals surface area contributed by atoms with Gasteiger partial charge in [-0.25, -0.2) is 14.6 Å². The largest absolute Gasteiger partial charge is 0.497 e. The zero-order valence-corrected chi connectivity index (χ0v) is 26.5. The third-order valence-electron chi connectivity index (χ3n) is 5.96. The first-order valence-electron chi connectivity index (χ1n) is 14.0. The van der Waals surface area contributed by atoms with E-state index in [9.17, 15) is 9.59 Å². The second-order valence-electron chi connectivity index (χ2n) is 11.9. The van der Waals surface area contributed by atoms with E-state index < -0.39 is 11.2 Å². The summed E-state index contributed by atoms with van der Waals surface area (Å²) in [5.41, 5.74) is 4.50. The Kier molecular flexibility index (Phi) is 9.66. The Morgan fingerprint density at radius 1 is 0.651 bits per heavy atom. The smallest absolute Gasteiger partial charge is 0.331 e. The number of hydrogen-bond donors (Lipinski definition) is 0. The number of carbonyl (C=O) groups is 2. The molecule has 7 heteroatoms. The van der Waals surface area contributed by atoms with Gasteiger partial charge in [-0.2, -0.15) is 0 Å². The molecular formula is C36H37NO5S. The fourth-order valence-corrected chi connectivity index (χ4v) is 5.16. The molecule has 3 aromatic carbocycles. The van der Waals surface area contributed by atoms with E-state index in [0.29, 0.717) is 0 Å². The minimum Gasteiger partial charge on any atom is -0.497 e. The number of benzene rings is 3. The van der Waals surface area contributed by atoms with Crippen LogP contribution in [0.1, 0.15) is 52.7 Å². The Labute approximate surface area is 257 Å². The highest BCUT2D eigenvalue weighted by Gasteiger charge is 2.18. The minimum atomic E-state index is -0.541. The van der Waals surface area contributed by atoms with Crippen LogP contribution in [0.3, 0.4) is 0 Å². The zero-order chi connectivity index (χ0) is 31.2. The van der Waals surface area contributed by atoms with Crippen LogP contribution in [0.25, 0.3) is 44.4 Å². The predicted octanol–water partition coefficient (Wildman–Crippen LogP) is 8.86. The van der Waals surface area contributed by atoms with Crippen molar-refractivity contribution in [1.29, 1.82) is 0 Å². The monoisotopic (exact) mass is 595 g/mol. The third-order valence-corrected chi connectivity index (χ3v) is 7.11. The molecular weight excluding hydrogens is 558 g/mol. The normalized spacial score (nSPS) is 12.1. The maximum absolute atomic E-state index is 12.1. The van der Waals surface area contributed by atoms with Crippen LogP contribution in [0.2, 0.25) is 0 Å². The maximum atomic E-state index is 12.1. The van der Waals surface area contributed by atoms with Gasteiger partial charge in [-0.1, -0.05) is 48.5 Å². The van der Waals surface area contributed by atoms with Crippen LogP contribution >= 0.6 is 11.3 Å². The van der Waals surface area contributed by atoms with Gasteiger partial charge in [-0.05, 0) is 94.7 Å². The molecule has 4 aromatic rings. The molecule has 6 nitrogen and oxygen atoms in total. The van der Waals surface area contributed by atoms with E-state index in [4.69, 9.17) is 19.2 Å². The van der Waals surface area contributed by atoms with Crippen molar-refractivity contribution in [1.82, 2.24) is 4.98 Å². The van der Waals surface area contributed by atoms with Gasteiger partial charge in [0.1, 0.15) is 22.0 Å². The van der Waals surface area contributed by atoms with E-state index in [1.807, 2.05) is 114 Å². The first-order chi connectivity index (χ1) is 20.3. The highest BCUT2D eigenvalue weighted by Crippen LogP contribution is 2.41. The number of nitrogens with zero attached hydrogens (tertiary/aromatic N) is 1. The standard InChI is InChI=1S/C36H37NO5S/c1-35(2,3)41-30(38)22-12-24-8-14-26(15-9-24)32-33(43-34(37-32)28-18-20-29(40-7)21-19-28)27-16-10-25(11-17-27)13-23-31(39)42-36(4,5)6/h8-23H,1-7H3/b22-12+,23-13+. The average Bonchev–Trinajstić information content (AvgIpc) is 3.39. The van der Waals surface area contributed by atoms with Gasteiger partial charge in [0.2, 0.25) is 0 Å². The highest BCUT2D eigenvalue weighted by atomic mass is 32.1. The van der Waals surface area contributed by atoms with E-state index in [1.54, 1.807) is 30.6 Å². The molecule has 1 heterocycles. The molecule has 0 aliphatic rings. The average molecular weight is 596 g/mol. The third kappa shape index (κ3) is 9.25. The molecule has 222 valence electrons. The van der Waals surface area contributed by atoms with Gasteiger partial charge in [0.25, 0.3) is 0 Å². The highest BCUT2D eigenvalue weighted by molar-refractivity contribution is 7.19. The summed E-state index contributed by atoms with van der Waals surface area (Å²) in [4.78, 5) is 30.3. The quantitative estimate of drug-likeness (QED) is 0.150. The molecule has 0 radical (unpaired) electrons. The Bertz CT molecular complexity index is 1520. The van der Waals surface area contributed by atoms with Crippen LogP contribution in [0.5, 0.6) is 5.75 Å². The van der Waals surface area contributed by atoms with Crippen molar-refractivity contribution in [3.05, 3.63) is 96.1 Å². The summed E-state index contributed by atoms with van der Waals surface area (Å²) in [7, 11) is 1.65. The SMILES string of the molecule is COc1ccc(-c2nc(-c3ccc(/C=C/C(=O)OC(C)(C)C)cc3)c(-c3ccc(/C=C/C(=O)OC(C)(C)C)cc3)s2)cc1. The Morgan fingerprint density at radius 3 is 1.53 bits per heavy atom. The molecule has 0 fully saturated rings. The van der Waals surface area contributed by atoms with E-state index in [0.717, 1.165) is 49.1 Å². The number of methoxy groups -OCH3 is 1. The molecule has 0 amide bonds. The van der Waals surface area contributed by atoms with E-state index in [2.05, 4.69) is 0 Å². The molecule has 0 aliphatic heterocycles. The van der Waals surface area contributed by atoms with Gasteiger partial charge in [0, 0.05) is 23.3 Å². The molecule has 0 bridgehead atoms. The number of hydrogen-bond acceptors (Lipinski definition) is 7. The molecule has 0 atom stereocenters. The lowest BCUT2D eigenvalue weighted by Gasteiger charge is -2.17. The first kappa shape index (κ1) is 31.4. The number of aromatic nitrogens is 1. The van der Waals surface area contributed by atoms with E-state index >= 15 is 0 Å². The second kappa shape index (κ2) is 13.2. The number of esters is 2. The summed E-state index contributed by atoms with van der Waals surface area (Å²) in [6, 6.07) is 23.8. The van der Waals surface area contributed by atoms with Gasteiger partial charge in [-0.15, -0.1) is 11.3 Å². The predicted molar refractivity (Wildman–Crippen MR) is 175 cm³/mol. The number of rotatable bonds is 8. The van der Waals surface area contributed by atoms with Crippen molar-refractivity contribution in [2.75, 3.05) is 7.11 Å². The second-order valence-corrected chi connectivity index (χ2v) is 12.9. The van der Waals surface area contributed by atoms with E-state index in [-0.39, 0.29) is 11.9 Å². The van der Waals surface area contributed by atoms with Gasteiger partial charge in [-0.3, -0.25) is 0 Å². The summed E-state index contributed by atoms with van der Waals surface area (Å²) >= 11 is 1.61. The summed E-state index contributed by atoms with van der Waals surface area (Å²) in [5.74, 6) is 0.0209. The number of thiazole rings is 1. The topological polar surface area (TPSA) is 74.7 Å². The van der Waals surface area contributed by atoms with Crippen LogP contribution in [-0.2, 0) is 19.1 Å². The fourth-order valence-electron chi connectivity index (χ4n) is 4.07. The molecule has 1 aromatic heterocycles. The van der Waals surface area contributed by atoms with Crippen molar-refractivity contribution in [3.8, 4) is 38.0 Å². The van der Waals surface area contributed by atoms with Gasteiger partial charge < -0.3 is 14.2 Å². The zero-order valence-electron chi connectivity index (χ0n) is 25.6. The molecule has 0 spiro atoms. The minimum absolute atomic E-state index is 0.380. The molecule has 0 saturated carbocycles. The molecule has 0 unspecified atom stereocenters. The molecule has 4 rings (SSSR count). The molecule has 0 saturated heterocycles. The van der Waals surface area contributed by atoms with Crippen molar-refractivity contribution in [3.63, 3.8) is 0 Å². The van der Waals surface area contributed by atoms with Crippen molar-refractivity contribution < 1.29 is 23.8 Å². The van der Waals surface area contributed by atoms with Crippen LogP contribution in [0.15, 0.2) is 84.9 Å². The number of carbonyl (C=O) groups excluding carboxylic acids is 2. The van der Waals surface area contributed by atoms with Gasteiger partial charge in [0.15, 0.2) is 0 Å². The molecule has 0 aliphatic carbocycles. The van der Waals surface area contributed by atoms with Crippen molar-refractivity contribution >= 4 is 35.4 Å². The Hall–Kier alpha value is -4.49. The van der Waals surface area contributed by atoms with Crippen molar-refractivity contribution in [2.24, 2.45) is 0 Å². The lowest BCUT2D eigenvalue weighted by atomic mass is 10.0. The summed E-state index contributed by atoms with van der Waals surface area (Å²) in [6.07, 6.45) is 6.37. The summed E-state index contributed by atoms with van der Waals surface area (Å²) in [5, 5.41) is 0.885. The van der Waals surface area contributed by atoms with Crippen LogP contribution in [0.4, 0.5) is 0 Å². The van der Waals surface area contributed by atoms with Crippen LogP contribution in [0, 0.1) is 0 Å². The summed E-state index contributed by atoms with van der Waals surface area (Å²) in [6.45, 7) is 11.0. The maximum Gasteiger partial charge on any atom is 0.331 e. The van der Waals surface area contributed by atoms with Crippen LogP contribution in [-0.4, -0.2) is 35.2 Å². The lowest BCUT2D eigenvalue weighted by Crippen LogP contribution is -2.22. The van der Waals surface area contributed by atoms with E-state index in [1.165, 1.54) is 12.2 Å². The lowest BCUT2D eigenvalue weighted by molar-refractivity contribution is -0.149.